The number of carbonyl (C=O) groups is 1. The number of non-ortho nitro benzene ring substituents is 1. The van der Waals surface area contributed by atoms with E-state index in [0.29, 0.717) is 12.2 Å². The van der Waals surface area contributed by atoms with E-state index in [1.165, 1.54) is 21.7 Å². The molecule has 0 spiro atoms. The largest absolute Gasteiger partial charge is 0.349 e. The lowest BCUT2D eigenvalue weighted by molar-refractivity contribution is -0.384. The van der Waals surface area contributed by atoms with Crippen LogP contribution in [-0.2, 0) is 0 Å². The van der Waals surface area contributed by atoms with E-state index in [2.05, 4.69) is 15.3 Å². The van der Waals surface area contributed by atoms with E-state index in [9.17, 15) is 14.9 Å². The van der Waals surface area contributed by atoms with Gasteiger partial charge < -0.3 is 10.2 Å². The zero-order valence-corrected chi connectivity index (χ0v) is 15.7. The van der Waals surface area contributed by atoms with E-state index in [1.54, 1.807) is 35.7 Å². The number of hydrogen-bond donors (Lipinski definition) is 1. The Morgan fingerprint density at radius 2 is 2.04 bits per heavy atom. The summed E-state index contributed by atoms with van der Waals surface area (Å²) in [6, 6.07) is 11.7. The SMILES string of the molecule is CN(C)C(CNC(=O)c1ccn(-c2ccc([N+](=O)[O-])cc2)n1)c1cccs1. The molecular formula is C18H19N5O3S. The van der Waals surface area contributed by atoms with Gasteiger partial charge in [-0.2, -0.15) is 5.10 Å². The first-order chi connectivity index (χ1) is 13.0. The van der Waals surface area contributed by atoms with Crippen LogP contribution in [0.4, 0.5) is 5.69 Å². The van der Waals surface area contributed by atoms with Gasteiger partial charge in [-0.3, -0.25) is 14.9 Å². The second-order valence-electron chi connectivity index (χ2n) is 6.12. The molecule has 0 aliphatic rings. The molecule has 3 rings (SSSR count). The predicted octanol–water partition coefficient (Wildman–Crippen LogP) is 2.87. The van der Waals surface area contributed by atoms with E-state index >= 15 is 0 Å². The van der Waals surface area contributed by atoms with Crippen LogP contribution in [0.15, 0.2) is 54.0 Å². The molecule has 1 atom stereocenters. The highest BCUT2D eigenvalue weighted by atomic mass is 32.1. The number of likely N-dealkylation sites (N-methyl/N-ethyl adjacent to an activating group) is 1. The van der Waals surface area contributed by atoms with Crippen LogP contribution >= 0.6 is 11.3 Å². The maximum Gasteiger partial charge on any atom is 0.271 e. The number of amides is 1. The fourth-order valence-electron chi connectivity index (χ4n) is 2.61. The first-order valence-corrected chi connectivity index (χ1v) is 9.12. The van der Waals surface area contributed by atoms with E-state index in [4.69, 9.17) is 0 Å². The molecule has 0 saturated carbocycles. The van der Waals surface area contributed by atoms with Crippen molar-refractivity contribution < 1.29 is 9.72 Å². The number of nitro benzene ring substituents is 1. The van der Waals surface area contributed by atoms with Gasteiger partial charge in [-0.15, -0.1) is 11.3 Å². The predicted molar refractivity (Wildman–Crippen MR) is 103 cm³/mol. The van der Waals surface area contributed by atoms with Crippen LogP contribution in [0.5, 0.6) is 0 Å². The average Bonchev–Trinajstić information content (AvgIpc) is 3.34. The number of carbonyl (C=O) groups excluding carboxylic acids is 1. The molecule has 140 valence electrons. The molecule has 0 saturated heterocycles. The molecular weight excluding hydrogens is 366 g/mol. The molecule has 1 N–H and O–H groups in total. The molecule has 0 bridgehead atoms. The van der Waals surface area contributed by atoms with Gasteiger partial charge in [0.25, 0.3) is 11.6 Å². The lowest BCUT2D eigenvalue weighted by Crippen LogP contribution is -2.34. The third kappa shape index (κ3) is 4.39. The normalized spacial score (nSPS) is 12.1. The smallest absolute Gasteiger partial charge is 0.271 e. The second-order valence-corrected chi connectivity index (χ2v) is 7.10. The van der Waals surface area contributed by atoms with E-state index < -0.39 is 4.92 Å². The van der Waals surface area contributed by atoms with Crippen molar-refractivity contribution in [1.82, 2.24) is 20.0 Å². The Labute approximate surface area is 160 Å². The zero-order valence-electron chi connectivity index (χ0n) is 14.9. The topological polar surface area (TPSA) is 93.3 Å². The maximum atomic E-state index is 12.4. The van der Waals surface area contributed by atoms with E-state index in [0.717, 1.165) is 0 Å². The number of rotatable bonds is 7. The van der Waals surface area contributed by atoms with Crippen LogP contribution in [0, 0.1) is 10.1 Å². The molecule has 0 aliphatic heterocycles. The van der Waals surface area contributed by atoms with Crippen LogP contribution in [0.25, 0.3) is 5.69 Å². The van der Waals surface area contributed by atoms with Crippen LogP contribution in [0.1, 0.15) is 21.4 Å². The summed E-state index contributed by atoms with van der Waals surface area (Å²) in [5.41, 5.74) is 0.939. The molecule has 27 heavy (non-hydrogen) atoms. The number of aromatic nitrogens is 2. The van der Waals surface area contributed by atoms with Crippen molar-refractivity contribution in [2.75, 3.05) is 20.6 Å². The van der Waals surface area contributed by atoms with Gasteiger partial charge in [-0.1, -0.05) is 6.07 Å². The summed E-state index contributed by atoms with van der Waals surface area (Å²) < 4.78 is 1.52. The van der Waals surface area contributed by atoms with Crippen LogP contribution in [-0.4, -0.2) is 46.2 Å². The lowest BCUT2D eigenvalue weighted by atomic mass is 10.2. The highest BCUT2D eigenvalue weighted by molar-refractivity contribution is 7.10. The number of nitrogens with one attached hydrogen (secondary N) is 1. The monoisotopic (exact) mass is 385 g/mol. The number of thiophene rings is 1. The Balaban J connectivity index is 1.67. The van der Waals surface area contributed by atoms with Crippen molar-refractivity contribution in [3.63, 3.8) is 0 Å². The second kappa shape index (κ2) is 8.11. The van der Waals surface area contributed by atoms with Crippen LogP contribution < -0.4 is 5.32 Å². The molecule has 0 fully saturated rings. The van der Waals surface area contributed by atoms with Crippen LogP contribution in [0.2, 0.25) is 0 Å². The molecule has 9 heteroatoms. The van der Waals surface area contributed by atoms with Crippen molar-refractivity contribution in [2.45, 2.75) is 6.04 Å². The zero-order chi connectivity index (χ0) is 19.4. The number of hydrogen-bond acceptors (Lipinski definition) is 6. The molecule has 1 amide bonds. The molecule has 0 aliphatic carbocycles. The summed E-state index contributed by atoms with van der Waals surface area (Å²) >= 11 is 1.65. The number of nitro groups is 1. The van der Waals surface area contributed by atoms with Gasteiger partial charge in [-0.05, 0) is 43.7 Å². The quantitative estimate of drug-likeness (QED) is 0.499. The minimum atomic E-state index is -0.458. The van der Waals surface area contributed by atoms with E-state index in [1.807, 2.05) is 31.6 Å². The molecule has 2 aromatic heterocycles. The third-order valence-corrected chi connectivity index (χ3v) is 5.07. The highest BCUT2D eigenvalue weighted by Crippen LogP contribution is 2.22. The minimum absolute atomic E-state index is 0.00665. The average molecular weight is 385 g/mol. The molecule has 2 heterocycles. The fraction of sp³-hybridized carbons (Fsp3) is 0.222. The van der Waals surface area contributed by atoms with Crippen molar-refractivity contribution in [3.8, 4) is 5.69 Å². The molecule has 3 aromatic rings. The fourth-order valence-corrected chi connectivity index (χ4v) is 3.54. The standard InChI is InChI=1S/C18H19N5O3S/c1-21(2)16(17-4-3-11-27-17)12-19-18(24)15-9-10-22(20-15)13-5-7-14(8-6-13)23(25)26/h3-11,16H,12H2,1-2H3,(H,19,24). The Morgan fingerprint density at radius 1 is 1.30 bits per heavy atom. The first-order valence-electron chi connectivity index (χ1n) is 8.24. The van der Waals surface area contributed by atoms with Gasteiger partial charge in [0.15, 0.2) is 5.69 Å². The van der Waals surface area contributed by atoms with Gasteiger partial charge in [0.2, 0.25) is 0 Å². The molecule has 0 radical (unpaired) electrons. The summed E-state index contributed by atoms with van der Waals surface area (Å²) in [6.07, 6.45) is 1.65. The molecule has 8 nitrogen and oxygen atoms in total. The molecule has 1 unspecified atom stereocenters. The Kier molecular flexibility index (Phi) is 5.63. The van der Waals surface area contributed by atoms with E-state index in [-0.39, 0.29) is 23.3 Å². The van der Waals surface area contributed by atoms with Crippen molar-refractivity contribution >= 4 is 22.9 Å². The Hall–Kier alpha value is -3.04. The van der Waals surface area contributed by atoms with Crippen LogP contribution in [0.3, 0.4) is 0 Å². The van der Waals surface area contributed by atoms with Gasteiger partial charge in [0, 0.05) is 29.8 Å². The summed E-state index contributed by atoms with van der Waals surface area (Å²) in [5.74, 6) is -0.265. The maximum absolute atomic E-state index is 12.4. The molecule has 1 aromatic carbocycles. The van der Waals surface area contributed by atoms with Crippen molar-refractivity contribution in [1.29, 1.82) is 0 Å². The number of benzene rings is 1. The van der Waals surface area contributed by atoms with Gasteiger partial charge in [-0.25, -0.2) is 4.68 Å². The van der Waals surface area contributed by atoms with Gasteiger partial charge >= 0.3 is 0 Å². The Bertz CT molecular complexity index is 919. The summed E-state index contributed by atoms with van der Waals surface area (Å²) in [7, 11) is 3.94. The third-order valence-electron chi connectivity index (χ3n) is 4.10. The highest BCUT2D eigenvalue weighted by Gasteiger charge is 2.18. The van der Waals surface area contributed by atoms with Crippen molar-refractivity contribution in [2.24, 2.45) is 0 Å². The minimum Gasteiger partial charge on any atom is -0.349 e. The Morgan fingerprint density at radius 3 is 2.63 bits per heavy atom. The lowest BCUT2D eigenvalue weighted by Gasteiger charge is -2.23. The number of nitrogens with zero attached hydrogens (tertiary/aromatic N) is 4. The van der Waals surface area contributed by atoms with Crippen molar-refractivity contribution in [3.05, 3.63) is 74.7 Å². The summed E-state index contributed by atoms with van der Waals surface area (Å²) in [5, 5.41) is 19.9. The first kappa shape index (κ1) is 18.7. The van der Waals surface area contributed by atoms with Gasteiger partial charge in [0.05, 0.1) is 16.7 Å². The summed E-state index contributed by atoms with van der Waals surface area (Å²) in [6.45, 7) is 0.469. The summed E-state index contributed by atoms with van der Waals surface area (Å²) in [4.78, 5) is 25.9. The van der Waals surface area contributed by atoms with Gasteiger partial charge in [0.1, 0.15) is 0 Å².